The van der Waals surface area contributed by atoms with E-state index in [4.69, 9.17) is 23.2 Å². The second-order valence-corrected chi connectivity index (χ2v) is 7.47. The molecule has 0 unspecified atom stereocenters. The zero-order valence-corrected chi connectivity index (χ0v) is 15.2. The number of carbonyl (C=O) groups excluding carboxylic acids is 1. The van der Waals surface area contributed by atoms with Crippen molar-refractivity contribution in [1.29, 1.82) is 0 Å². The van der Waals surface area contributed by atoms with Crippen LogP contribution in [-0.4, -0.2) is 5.91 Å². The minimum Gasteiger partial charge on any atom is -0.378 e. The van der Waals surface area contributed by atoms with Crippen LogP contribution in [0.1, 0.15) is 36.4 Å². The average molecular weight is 373 g/mol. The zero-order valence-electron chi connectivity index (χ0n) is 13.7. The number of carbonyl (C=O) groups is 1. The summed E-state index contributed by atoms with van der Waals surface area (Å²) in [5, 5.41) is 7.85. The van der Waals surface area contributed by atoms with Crippen molar-refractivity contribution in [2.75, 3.05) is 10.6 Å². The first-order valence-corrected chi connectivity index (χ1v) is 9.08. The first-order valence-electron chi connectivity index (χ1n) is 8.32. The molecule has 2 aliphatic rings. The average Bonchev–Trinajstić information content (AvgIpc) is 3.04. The molecule has 2 aromatic carbocycles. The number of fused-ring (bicyclic) bond motifs is 3. The van der Waals surface area contributed by atoms with E-state index < -0.39 is 0 Å². The molecule has 0 fully saturated rings. The number of nitrogens with one attached hydrogen (secondary N) is 2. The van der Waals surface area contributed by atoms with Gasteiger partial charge < -0.3 is 10.6 Å². The van der Waals surface area contributed by atoms with E-state index in [2.05, 4.69) is 28.9 Å². The Morgan fingerprint density at radius 2 is 2.00 bits per heavy atom. The lowest BCUT2D eigenvalue weighted by Crippen LogP contribution is -2.29. The van der Waals surface area contributed by atoms with Crippen LogP contribution in [0, 0.1) is 5.92 Å². The van der Waals surface area contributed by atoms with E-state index in [1.54, 1.807) is 6.07 Å². The molecule has 3 atom stereocenters. The number of anilines is 2. The molecule has 0 aromatic heterocycles. The molecule has 128 valence electrons. The van der Waals surface area contributed by atoms with Crippen molar-refractivity contribution < 1.29 is 4.79 Å². The van der Waals surface area contributed by atoms with Crippen LogP contribution in [0.4, 0.5) is 11.4 Å². The van der Waals surface area contributed by atoms with E-state index in [-0.39, 0.29) is 11.9 Å². The van der Waals surface area contributed by atoms with Crippen LogP contribution in [0.15, 0.2) is 48.6 Å². The predicted octanol–water partition coefficient (Wildman–Crippen LogP) is 5.78. The van der Waals surface area contributed by atoms with Crippen molar-refractivity contribution in [3.63, 3.8) is 0 Å². The van der Waals surface area contributed by atoms with Gasteiger partial charge in [-0.25, -0.2) is 0 Å². The van der Waals surface area contributed by atoms with Crippen LogP contribution in [0.25, 0.3) is 0 Å². The Bertz CT molecular complexity index is 878. The Kier molecular flexibility index (Phi) is 4.22. The van der Waals surface area contributed by atoms with Crippen LogP contribution in [-0.2, 0) is 4.79 Å². The molecule has 4 rings (SSSR count). The smallest absolute Gasteiger partial charge is 0.221 e. The van der Waals surface area contributed by atoms with Gasteiger partial charge in [0, 0.05) is 34.3 Å². The van der Waals surface area contributed by atoms with Crippen molar-refractivity contribution in [2.45, 2.75) is 25.3 Å². The van der Waals surface area contributed by atoms with Gasteiger partial charge in [0.2, 0.25) is 5.91 Å². The lowest BCUT2D eigenvalue weighted by Gasteiger charge is -2.38. The van der Waals surface area contributed by atoms with Gasteiger partial charge in [-0.15, -0.1) is 0 Å². The molecule has 5 heteroatoms. The second kappa shape index (κ2) is 6.40. The first-order chi connectivity index (χ1) is 12.0. The molecule has 0 bridgehead atoms. The Morgan fingerprint density at radius 1 is 1.16 bits per heavy atom. The summed E-state index contributed by atoms with van der Waals surface area (Å²) < 4.78 is 0. The molecule has 1 heterocycles. The lowest BCUT2D eigenvalue weighted by atomic mass is 9.77. The van der Waals surface area contributed by atoms with E-state index in [1.807, 2.05) is 24.3 Å². The van der Waals surface area contributed by atoms with Crippen molar-refractivity contribution in [3.05, 3.63) is 69.7 Å². The Hall–Kier alpha value is -1.97. The van der Waals surface area contributed by atoms with Gasteiger partial charge in [-0.2, -0.15) is 0 Å². The topological polar surface area (TPSA) is 41.1 Å². The summed E-state index contributed by atoms with van der Waals surface area (Å²) in [5.41, 5.74) is 4.20. The fourth-order valence-corrected chi connectivity index (χ4v) is 4.46. The van der Waals surface area contributed by atoms with Gasteiger partial charge in [-0.3, -0.25) is 4.79 Å². The summed E-state index contributed by atoms with van der Waals surface area (Å²) in [4.78, 5) is 11.3. The molecule has 3 nitrogen and oxygen atoms in total. The molecule has 0 saturated carbocycles. The van der Waals surface area contributed by atoms with Crippen LogP contribution < -0.4 is 10.6 Å². The fourth-order valence-electron chi connectivity index (χ4n) is 3.94. The largest absolute Gasteiger partial charge is 0.378 e. The van der Waals surface area contributed by atoms with E-state index in [1.165, 1.54) is 12.5 Å². The zero-order chi connectivity index (χ0) is 17.6. The standard InChI is InChI=1S/C20H18Cl2N2O/c1-11(25)23-13-6-8-19-17(10-13)14-3-2-4-15(14)20(24-19)16-7-5-12(21)9-18(16)22/h2-3,5-10,14-15,20,24H,4H2,1H3,(H,23,25)/t14-,15-,20-/m0/s1. The minimum atomic E-state index is -0.0620. The SMILES string of the molecule is CC(=O)Nc1ccc2c(c1)[C@H]1C=CC[C@@H]1[C@@H](c1ccc(Cl)cc1Cl)N2. The van der Waals surface area contributed by atoms with E-state index in [9.17, 15) is 4.79 Å². The van der Waals surface area contributed by atoms with Gasteiger partial charge in [0.25, 0.3) is 0 Å². The highest BCUT2D eigenvalue weighted by Crippen LogP contribution is 2.51. The Morgan fingerprint density at radius 3 is 2.76 bits per heavy atom. The third-order valence-corrected chi connectivity index (χ3v) is 5.54. The van der Waals surface area contributed by atoms with Gasteiger partial charge in [0.05, 0.1) is 6.04 Å². The summed E-state index contributed by atoms with van der Waals surface area (Å²) in [7, 11) is 0. The fraction of sp³-hybridized carbons (Fsp3) is 0.250. The molecular formula is C20H18Cl2N2O. The Balaban J connectivity index is 1.74. The third kappa shape index (κ3) is 3.03. The number of hydrogen-bond acceptors (Lipinski definition) is 2. The van der Waals surface area contributed by atoms with Crippen molar-refractivity contribution in [3.8, 4) is 0 Å². The molecule has 1 aliphatic heterocycles. The van der Waals surface area contributed by atoms with Crippen molar-refractivity contribution >= 4 is 40.5 Å². The maximum atomic E-state index is 11.3. The van der Waals surface area contributed by atoms with Crippen molar-refractivity contribution in [1.82, 2.24) is 0 Å². The highest BCUT2D eigenvalue weighted by Gasteiger charge is 2.38. The van der Waals surface area contributed by atoms with Crippen molar-refractivity contribution in [2.24, 2.45) is 5.92 Å². The number of halogens is 2. The highest BCUT2D eigenvalue weighted by molar-refractivity contribution is 6.35. The minimum absolute atomic E-state index is 0.0620. The van der Waals surface area contributed by atoms with Crippen LogP contribution >= 0.6 is 23.2 Å². The Labute approximate surface area is 157 Å². The van der Waals surface area contributed by atoms with E-state index in [0.29, 0.717) is 21.9 Å². The molecule has 2 aromatic rings. The number of benzene rings is 2. The number of allylic oxidation sites excluding steroid dienone is 2. The molecule has 0 spiro atoms. The summed E-state index contributed by atoms with van der Waals surface area (Å²) in [6, 6.07) is 11.8. The maximum Gasteiger partial charge on any atom is 0.221 e. The van der Waals surface area contributed by atoms with Gasteiger partial charge in [-0.05, 0) is 53.8 Å². The first kappa shape index (κ1) is 16.5. The third-order valence-electron chi connectivity index (χ3n) is 4.98. The van der Waals surface area contributed by atoms with Gasteiger partial charge >= 0.3 is 0 Å². The van der Waals surface area contributed by atoms with E-state index >= 15 is 0 Å². The highest BCUT2D eigenvalue weighted by atomic mass is 35.5. The molecule has 25 heavy (non-hydrogen) atoms. The molecule has 0 radical (unpaired) electrons. The molecule has 0 saturated heterocycles. The summed E-state index contributed by atoms with van der Waals surface area (Å²) in [6.45, 7) is 1.52. The normalized spacial score (nSPS) is 23.6. The maximum absolute atomic E-state index is 11.3. The predicted molar refractivity (Wildman–Crippen MR) is 104 cm³/mol. The molecule has 1 aliphatic carbocycles. The molecule has 2 N–H and O–H groups in total. The number of rotatable bonds is 2. The summed E-state index contributed by atoms with van der Waals surface area (Å²) in [6.07, 6.45) is 5.48. The number of hydrogen-bond donors (Lipinski definition) is 2. The van der Waals surface area contributed by atoms with Crippen LogP contribution in [0.5, 0.6) is 0 Å². The molecule has 1 amide bonds. The van der Waals surface area contributed by atoms with Crippen LogP contribution in [0.3, 0.4) is 0 Å². The summed E-state index contributed by atoms with van der Waals surface area (Å²) >= 11 is 12.5. The summed E-state index contributed by atoms with van der Waals surface area (Å²) in [5.74, 6) is 0.633. The second-order valence-electron chi connectivity index (χ2n) is 6.62. The lowest BCUT2D eigenvalue weighted by molar-refractivity contribution is -0.114. The van der Waals surface area contributed by atoms with Gasteiger partial charge in [0.1, 0.15) is 0 Å². The van der Waals surface area contributed by atoms with E-state index in [0.717, 1.165) is 23.4 Å². The quantitative estimate of drug-likeness (QED) is 0.656. The van der Waals surface area contributed by atoms with Gasteiger partial charge in [0.15, 0.2) is 0 Å². The monoisotopic (exact) mass is 372 g/mol. The van der Waals surface area contributed by atoms with Gasteiger partial charge in [-0.1, -0.05) is 41.4 Å². The number of amides is 1. The van der Waals surface area contributed by atoms with Crippen LogP contribution in [0.2, 0.25) is 10.0 Å². The molecular weight excluding hydrogens is 355 g/mol.